The Balaban J connectivity index is 0.00000399. The van der Waals surface area contributed by atoms with Gasteiger partial charge in [-0.15, -0.1) is 29.7 Å². The SMILES string of the molecule is CC(C)(C)c1ccnc(-n2c3[c-]c(Oc4[c-]c(-n5[c-][n+](C67c8ccccc8C8c9ccccc9C86c6ccccc67)c6ccccc65)ccc4)ccc3c3ccccc32)c1.[Pt]. The molecule has 1 spiro atoms. The van der Waals surface area contributed by atoms with Gasteiger partial charge in [0.1, 0.15) is 5.82 Å². The van der Waals surface area contributed by atoms with Crippen LogP contribution in [0.15, 0.2) is 170 Å². The summed E-state index contributed by atoms with van der Waals surface area (Å²) in [7, 11) is 0. The molecule has 13 rings (SSSR count). The van der Waals surface area contributed by atoms with E-state index in [1.807, 2.05) is 24.4 Å². The van der Waals surface area contributed by atoms with Crippen molar-refractivity contribution < 1.29 is 30.4 Å². The van der Waals surface area contributed by atoms with Crippen LogP contribution < -0.4 is 9.30 Å². The van der Waals surface area contributed by atoms with Gasteiger partial charge in [0, 0.05) is 61.3 Å². The van der Waals surface area contributed by atoms with Gasteiger partial charge in [0.25, 0.3) is 0 Å². The normalized spacial score (nSPS) is 19.2. The first-order valence-corrected chi connectivity index (χ1v) is 20.8. The van der Waals surface area contributed by atoms with Gasteiger partial charge in [0.2, 0.25) is 6.33 Å². The van der Waals surface area contributed by atoms with Gasteiger partial charge in [-0.25, -0.2) is 4.98 Å². The Bertz CT molecular complexity index is 3440. The Hall–Kier alpha value is -6.55. The van der Waals surface area contributed by atoms with Gasteiger partial charge >= 0.3 is 0 Å². The van der Waals surface area contributed by atoms with Crippen molar-refractivity contribution in [3.05, 3.63) is 227 Å². The summed E-state index contributed by atoms with van der Waals surface area (Å²) in [5, 5.41) is 2.24. The molecule has 3 aliphatic rings. The molecule has 5 nitrogen and oxygen atoms in total. The molecule has 0 aliphatic heterocycles. The van der Waals surface area contributed by atoms with Crippen LogP contribution in [0.5, 0.6) is 11.5 Å². The summed E-state index contributed by atoms with van der Waals surface area (Å²) in [4.78, 5) is 4.86. The van der Waals surface area contributed by atoms with Crippen LogP contribution in [-0.2, 0) is 37.4 Å². The first kappa shape index (κ1) is 36.3. The summed E-state index contributed by atoms with van der Waals surface area (Å²) in [6, 6.07) is 66.2. The zero-order chi connectivity index (χ0) is 40.0. The van der Waals surface area contributed by atoms with Crippen LogP contribution in [0.2, 0.25) is 0 Å². The van der Waals surface area contributed by atoms with Crippen molar-refractivity contribution in [3.8, 4) is 23.0 Å². The predicted octanol–water partition coefficient (Wildman–Crippen LogP) is 11.4. The molecule has 0 saturated carbocycles. The second-order valence-corrected chi connectivity index (χ2v) is 17.5. The Labute approximate surface area is 368 Å². The minimum absolute atomic E-state index is 0. The Kier molecular flexibility index (Phi) is 7.58. The van der Waals surface area contributed by atoms with E-state index in [-0.39, 0.29) is 37.8 Å². The molecule has 10 aromatic rings. The Morgan fingerprint density at radius 3 is 2.11 bits per heavy atom. The molecule has 0 N–H and O–H groups in total. The number of aromatic nitrogens is 4. The Morgan fingerprint density at radius 1 is 0.623 bits per heavy atom. The number of ether oxygens (including phenoxy) is 1. The maximum Gasteiger partial charge on any atom is 0.243 e. The quantitative estimate of drug-likeness (QED) is 0.127. The van der Waals surface area contributed by atoms with Crippen LogP contribution in [0, 0.1) is 18.5 Å². The average Bonchev–Trinajstić information content (AvgIpc) is 3.87. The summed E-state index contributed by atoms with van der Waals surface area (Å²) in [6.45, 7) is 6.69. The third kappa shape index (κ3) is 4.54. The molecule has 3 aromatic heterocycles. The topological polar surface area (TPSA) is 35.9 Å². The van der Waals surface area contributed by atoms with Crippen molar-refractivity contribution in [1.29, 1.82) is 0 Å². The fourth-order valence-corrected chi connectivity index (χ4v) is 11.3. The van der Waals surface area contributed by atoms with E-state index in [0.717, 1.165) is 44.3 Å². The molecule has 296 valence electrons. The third-order valence-electron chi connectivity index (χ3n) is 13.6. The molecule has 0 fully saturated rings. The molecule has 3 heterocycles. The maximum atomic E-state index is 6.67. The monoisotopic (exact) mass is 965 g/mol. The van der Waals surface area contributed by atoms with Crippen molar-refractivity contribution in [1.82, 2.24) is 14.1 Å². The van der Waals surface area contributed by atoms with Gasteiger partial charge in [-0.2, -0.15) is 18.2 Å². The van der Waals surface area contributed by atoms with Crippen LogP contribution >= 0.6 is 0 Å². The van der Waals surface area contributed by atoms with Gasteiger partial charge < -0.3 is 13.9 Å². The molecule has 3 aliphatic carbocycles. The summed E-state index contributed by atoms with van der Waals surface area (Å²) >= 11 is 0. The summed E-state index contributed by atoms with van der Waals surface area (Å²) in [5.41, 5.74) is 13.8. The number of rotatable bonds is 5. The molecule has 61 heavy (non-hydrogen) atoms. The molecule has 7 aromatic carbocycles. The Morgan fingerprint density at radius 2 is 1.30 bits per heavy atom. The van der Waals surface area contributed by atoms with Crippen molar-refractivity contribution in [2.24, 2.45) is 0 Å². The van der Waals surface area contributed by atoms with Gasteiger partial charge in [0.05, 0.1) is 16.4 Å². The van der Waals surface area contributed by atoms with E-state index in [1.165, 1.54) is 38.9 Å². The number of nitrogens with zero attached hydrogens (tertiary/aromatic N) is 4. The number of hydrogen-bond donors (Lipinski definition) is 0. The van der Waals surface area contributed by atoms with E-state index in [4.69, 9.17) is 9.72 Å². The van der Waals surface area contributed by atoms with Crippen LogP contribution in [0.25, 0.3) is 44.3 Å². The van der Waals surface area contributed by atoms with Crippen LogP contribution in [-0.4, -0.2) is 14.1 Å². The first-order chi connectivity index (χ1) is 29.4. The smallest absolute Gasteiger partial charge is 0.243 e. The second-order valence-electron chi connectivity index (χ2n) is 17.5. The molecule has 0 saturated heterocycles. The van der Waals surface area contributed by atoms with E-state index >= 15 is 0 Å². The van der Waals surface area contributed by atoms with Crippen molar-refractivity contribution in [2.75, 3.05) is 0 Å². The molecular formula is C55H38N4OPt-2. The van der Waals surface area contributed by atoms with Gasteiger partial charge in [-0.05, 0) is 56.8 Å². The average molecular weight is 966 g/mol. The molecular weight excluding hydrogens is 928 g/mol. The first-order valence-electron chi connectivity index (χ1n) is 20.8. The zero-order valence-electron chi connectivity index (χ0n) is 33.8. The number of pyridine rings is 1. The van der Waals surface area contributed by atoms with Gasteiger partial charge in [0.15, 0.2) is 5.54 Å². The third-order valence-corrected chi connectivity index (χ3v) is 13.6. The molecule has 3 unspecified atom stereocenters. The number of fused-ring (bicyclic) bond motifs is 11. The number of para-hydroxylation sites is 3. The van der Waals surface area contributed by atoms with Crippen LogP contribution in [0.1, 0.15) is 65.6 Å². The molecule has 0 radical (unpaired) electrons. The van der Waals surface area contributed by atoms with E-state index < -0.39 is 5.54 Å². The summed E-state index contributed by atoms with van der Waals surface area (Å²) in [5.74, 6) is 2.32. The van der Waals surface area contributed by atoms with Crippen molar-refractivity contribution in [3.63, 3.8) is 0 Å². The number of benzene rings is 7. The maximum absolute atomic E-state index is 6.67. The van der Waals surface area contributed by atoms with E-state index in [2.05, 4.69) is 199 Å². The number of imidazole rings is 1. The van der Waals surface area contributed by atoms with Crippen LogP contribution in [0.4, 0.5) is 0 Å². The largest absolute Gasteiger partial charge is 0.510 e. The molecule has 0 bridgehead atoms. The van der Waals surface area contributed by atoms with E-state index in [0.29, 0.717) is 11.5 Å². The minimum Gasteiger partial charge on any atom is -0.510 e. The fourth-order valence-electron chi connectivity index (χ4n) is 11.3. The molecule has 3 atom stereocenters. The van der Waals surface area contributed by atoms with Crippen molar-refractivity contribution >= 4 is 32.8 Å². The van der Waals surface area contributed by atoms with Gasteiger partial charge in [-0.1, -0.05) is 147 Å². The number of hydrogen-bond acceptors (Lipinski definition) is 2. The minimum atomic E-state index is -0.484. The molecule has 0 amide bonds. The summed E-state index contributed by atoms with van der Waals surface area (Å²) < 4.78 is 13.5. The van der Waals surface area contributed by atoms with Gasteiger partial charge in [-0.3, -0.25) is 4.57 Å². The predicted molar refractivity (Wildman–Crippen MR) is 235 cm³/mol. The zero-order valence-corrected chi connectivity index (χ0v) is 36.0. The molecule has 6 heteroatoms. The van der Waals surface area contributed by atoms with Crippen molar-refractivity contribution in [2.45, 2.75) is 43.1 Å². The second kappa shape index (κ2) is 12.7. The standard InChI is InChI=1S/C55H38N4O.Pt/c1-53(2,3)35-29-30-56-51(31-35)59-47-24-11-6-17-39(47)40-28-27-38(33-50(40)59)60-37-16-14-15-36(32-37)57-34-58(49-26-13-12-25-48(49)57)55-44-21-8-5-19-42(44)52-41-18-4-7-20-43(41)54(52,55)45-22-9-10-23-46(45)55;/h4-31,52H,1-3H3;/q-2;. The summed E-state index contributed by atoms with van der Waals surface area (Å²) in [6.07, 6.45) is 5.87. The van der Waals surface area contributed by atoms with E-state index in [1.54, 1.807) is 0 Å². The fraction of sp³-hybridized carbons (Fsp3) is 0.127. The van der Waals surface area contributed by atoms with E-state index in [9.17, 15) is 0 Å². The van der Waals surface area contributed by atoms with Crippen LogP contribution in [0.3, 0.4) is 0 Å².